The van der Waals surface area contributed by atoms with Crippen molar-refractivity contribution in [3.8, 4) is 0 Å². The lowest BCUT2D eigenvalue weighted by atomic mass is 9.96. The number of halogens is 2. The monoisotopic (exact) mass is 287 g/mol. The normalized spacial score (nSPS) is 17.3. The van der Waals surface area contributed by atoms with Gasteiger partial charge in [0.2, 0.25) is 5.91 Å². The summed E-state index contributed by atoms with van der Waals surface area (Å²) < 4.78 is 11.8. The molecule has 1 amide bonds. The van der Waals surface area contributed by atoms with Crippen LogP contribution in [-0.4, -0.2) is 18.4 Å². The van der Waals surface area contributed by atoms with Crippen molar-refractivity contribution in [3.05, 3.63) is 34.3 Å². The lowest BCUT2D eigenvalue weighted by Gasteiger charge is -2.09. The minimum absolute atomic E-state index is 0.0364. The van der Waals surface area contributed by atoms with Crippen LogP contribution in [0.3, 0.4) is 0 Å². The Morgan fingerprint density at radius 1 is 1.42 bits per heavy atom. The first kappa shape index (κ1) is 15.4. The summed E-state index contributed by atoms with van der Waals surface area (Å²) >= 11 is 5.83. The number of nitrogens with one attached hydrogen (secondary N) is 1. The van der Waals surface area contributed by atoms with Crippen molar-refractivity contribution >= 4 is 23.5 Å². The van der Waals surface area contributed by atoms with E-state index in [2.05, 4.69) is 10.3 Å². The molecule has 104 valence electrons. The van der Waals surface area contributed by atoms with E-state index in [0.717, 1.165) is 5.56 Å². The Morgan fingerprint density at radius 3 is 2.63 bits per heavy atom. The van der Waals surface area contributed by atoms with Crippen molar-refractivity contribution in [2.75, 3.05) is 6.54 Å². The van der Waals surface area contributed by atoms with E-state index < -0.39 is 5.97 Å². The standard InChI is InChI=1S/C11H9ClFNO3.C2H6/c12-9-2-6(8-4-10(15)14-5-8)1-7(3-9)11(16)17-13;1-2/h1-3,8H,4-5H2,(H,14,15);1-2H3. The third kappa shape index (κ3) is 3.92. The molecule has 0 saturated carbocycles. The maximum Gasteiger partial charge on any atom is 0.379 e. The summed E-state index contributed by atoms with van der Waals surface area (Å²) in [5.41, 5.74) is 0.755. The Morgan fingerprint density at radius 2 is 2.11 bits per heavy atom. The predicted octanol–water partition coefficient (Wildman–Crippen LogP) is 3.01. The molecule has 19 heavy (non-hydrogen) atoms. The second kappa shape index (κ2) is 7.09. The van der Waals surface area contributed by atoms with Crippen molar-refractivity contribution in [3.63, 3.8) is 0 Å². The molecule has 4 nitrogen and oxygen atoms in total. The SMILES string of the molecule is CC.O=C1CC(c2cc(Cl)cc(C(=O)OF)c2)CN1. The molecule has 1 fully saturated rings. The molecule has 1 aromatic carbocycles. The van der Waals surface area contributed by atoms with Gasteiger partial charge in [0.05, 0.1) is 5.56 Å². The summed E-state index contributed by atoms with van der Waals surface area (Å²) in [4.78, 5) is 25.3. The van der Waals surface area contributed by atoms with Gasteiger partial charge in [0, 0.05) is 28.4 Å². The number of hydrogen-bond acceptors (Lipinski definition) is 3. The number of benzene rings is 1. The number of carbonyl (C=O) groups is 2. The van der Waals surface area contributed by atoms with Crippen molar-refractivity contribution in [2.24, 2.45) is 0 Å². The molecule has 1 unspecified atom stereocenters. The van der Waals surface area contributed by atoms with E-state index in [0.29, 0.717) is 18.0 Å². The summed E-state index contributed by atoms with van der Waals surface area (Å²) in [5, 5.41) is 2.99. The Hall–Kier alpha value is -1.62. The van der Waals surface area contributed by atoms with Gasteiger partial charge in [0.1, 0.15) is 0 Å². The molecular formula is C13H15ClFNO3. The zero-order valence-corrected chi connectivity index (χ0v) is 11.5. The fourth-order valence-electron chi connectivity index (χ4n) is 1.85. The number of amides is 1. The molecule has 1 aliphatic rings. The lowest BCUT2D eigenvalue weighted by Crippen LogP contribution is -2.13. The molecule has 1 heterocycles. The van der Waals surface area contributed by atoms with E-state index in [9.17, 15) is 14.1 Å². The third-order valence-corrected chi connectivity index (χ3v) is 2.89. The van der Waals surface area contributed by atoms with Crippen LogP contribution in [0.5, 0.6) is 0 Å². The van der Waals surface area contributed by atoms with Gasteiger partial charge in [0.25, 0.3) is 0 Å². The maximum absolute atomic E-state index is 11.8. The molecule has 2 rings (SSSR count). The first-order chi connectivity index (χ1) is 9.10. The third-order valence-electron chi connectivity index (χ3n) is 2.67. The highest BCUT2D eigenvalue weighted by atomic mass is 35.5. The van der Waals surface area contributed by atoms with Crippen LogP contribution in [0.1, 0.15) is 42.1 Å². The first-order valence-corrected chi connectivity index (χ1v) is 6.38. The molecule has 0 radical (unpaired) electrons. The maximum atomic E-state index is 11.8. The van der Waals surface area contributed by atoms with E-state index in [1.807, 2.05) is 13.8 Å². The van der Waals surface area contributed by atoms with E-state index in [4.69, 9.17) is 11.6 Å². The molecule has 0 aromatic heterocycles. The van der Waals surface area contributed by atoms with Crippen LogP contribution >= 0.6 is 11.6 Å². The molecule has 1 N–H and O–H groups in total. The highest BCUT2D eigenvalue weighted by Crippen LogP contribution is 2.27. The largest absolute Gasteiger partial charge is 0.379 e. The molecule has 1 atom stereocenters. The van der Waals surface area contributed by atoms with Crippen LogP contribution in [0, 0.1) is 0 Å². The predicted molar refractivity (Wildman–Crippen MR) is 69.7 cm³/mol. The molecule has 1 aromatic rings. The van der Waals surface area contributed by atoms with Gasteiger partial charge < -0.3 is 5.32 Å². The van der Waals surface area contributed by atoms with E-state index in [1.54, 1.807) is 6.07 Å². The van der Waals surface area contributed by atoms with Crippen LogP contribution in [0.2, 0.25) is 5.02 Å². The Balaban J connectivity index is 0.000000861. The smallest absolute Gasteiger partial charge is 0.355 e. The Kier molecular flexibility index (Phi) is 5.76. The molecule has 0 bridgehead atoms. The average Bonchev–Trinajstić information content (AvgIpc) is 2.86. The fraction of sp³-hybridized carbons (Fsp3) is 0.385. The average molecular weight is 288 g/mol. The zero-order valence-electron chi connectivity index (χ0n) is 10.7. The van der Waals surface area contributed by atoms with E-state index in [1.165, 1.54) is 12.1 Å². The summed E-state index contributed by atoms with van der Waals surface area (Å²) in [7, 11) is 0. The van der Waals surface area contributed by atoms with Crippen molar-refractivity contribution in [2.45, 2.75) is 26.2 Å². The Bertz CT molecular complexity index is 479. The topological polar surface area (TPSA) is 55.4 Å². The van der Waals surface area contributed by atoms with E-state index >= 15 is 0 Å². The van der Waals surface area contributed by atoms with Crippen molar-refractivity contribution in [1.29, 1.82) is 0 Å². The van der Waals surface area contributed by atoms with Crippen molar-refractivity contribution in [1.82, 2.24) is 5.32 Å². The minimum Gasteiger partial charge on any atom is -0.355 e. The number of carbonyl (C=O) groups excluding carboxylic acids is 2. The van der Waals surface area contributed by atoms with Crippen LogP contribution in [0.25, 0.3) is 0 Å². The van der Waals surface area contributed by atoms with Gasteiger partial charge in [0.15, 0.2) is 0 Å². The van der Waals surface area contributed by atoms with Gasteiger partial charge in [-0.2, -0.15) is 0 Å². The number of rotatable bonds is 2. The Labute approximate surface area is 115 Å². The quantitative estimate of drug-likeness (QED) is 0.910. The minimum atomic E-state index is -1.09. The van der Waals surface area contributed by atoms with Crippen molar-refractivity contribution < 1.29 is 19.1 Å². The lowest BCUT2D eigenvalue weighted by molar-refractivity contribution is -0.119. The second-order valence-corrected chi connectivity index (χ2v) is 4.28. The highest BCUT2D eigenvalue weighted by Gasteiger charge is 2.24. The van der Waals surface area contributed by atoms with Crippen LogP contribution < -0.4 is 5.32 Å². The van der Waals surface area contributed by atoms with Crippen LogP contribution in [-0.2, 0) is 9.74 Å². The fourth-order valence-corrected chi connectivity index (χ4v) is 2.09. The van der Waals surface area contributed by atoms with Gasteiger partial charge >= 0.3 is 5.97 Å². The molecule has 1 saturated heterocycles. The first-order valence-electron chi connectivity index (χ1n) is 6.00. The van der Waals surface area contributed by atoms with Gasteiger partial charge in [-0.05, 0) is 23.8 Å². The molecular weight excluding hydrogens is 273 g/mol. The molecule has 0 aliphatic carbocycles. The molecule has 0 spiro atoms. The van der Waals surface area contributed by atoms with E-state index in [-0.39, 0.29) is 17.4 Å². The summed E-state index contributed by atoms with van der Waals surface area (Å²) in [6.07, 6.45) is 0.338. The van der Waals surface area contributed by atoms with Crippen LogP contribution in [0.4, 0.5) is 4.53 Å². The summed E-state index contributed by atoms with van der Waals surface area (Å²) in [5.74, 6) is -1.19. The van der Waals surface area contributed by atoms with Gasteiger partial charge in [-0.25, -0.2) is 9.74 Å². The summed E-state index contributed by atoms with van der Waals surface area (Å²) in [6.45, 7) is 4.49. The summed E-state index contributed by atoms with van der Waals surface area (Å²) in [6, 6.07) is 4.46. The van der Waals surface area contributed by atoms with Gasteiger partial charge in [-0.1, -0.05) is 25.4 Å². The number of hydrogen-bond donors (Lipinski definition) is 1. The molecule has 6 heteroatoms. The zero-order chi connectivity index (χ0) is 14.4. The molecule has 1 aliphatic heterocycles. The highest BCUT2D eigenvalue weighted by molar-refractivity contribution is 6.31. The van der Waals surface area contributed by atoms with Crippen LogP contribution in [0.15, 0.2) is 18.2 Å². The van der Waals surface area contributed by atoms with Gasteiger partial charge in [-0.15, -0.1) is 0 Å². The second-order valence-electron chi connectivity index (χ2n) is 3.84. The van der Waals surface area contributed by atoms with Gasteiger partial charge in [-0.3, -0.25) is 4.79 Å².